The van der Waals surface area contributed by atoms with Crippen molar-refractivity contribution in [2.24, 2.45) is 0 Å². The second kappa shape index (κ2) is 7.33. The zero-order chi connectivity index (χ0) is 13.4. The van der Waals surface area contributed by atoms with Crippen LogP contribution in [0, 0.1) is 5.75 Å². The molecular formula is C11H10NO5P. The molecule has 0 saturated carbocycles. The molecule has 1 N–H and O–H groups in total. The molecule has 18 heavy (non-hydrogen) atoms. The van der Waals surface area contributed by atoms with Gasteiger partial charge in [-0.1, -0.05) is 0 Å². The van der Waals surface area contributed by atoms with E-state index in [4.69, 9.17) is 9.84 Å². The van der Waals surface area contributed by atoms with E-state index in [1.807, 2.05) is 0 Å². The van der Waals surface area contributed by atoms with Crippen LogP contribution in [0.25, 0.3) is 0 Å². The number of carbonyl (C=O) groups excluding carboxylic acids is 1. The van der Waals surface area contributed by atoms with Gasteiger partial charge in [0.1, 0.15) is 0 Å². The first-order valence-corrected chi connectivity index (χ1v) is 5.72. The van der Waals surface area contributed by atoms with Crippen molar-refractivity contribution in [3.8, 4) is 11.5 Å². The molecule has 0 atom stereocenters. The second-order valence-corrected chi connectivity index (χ2v) is 3.55. The van der Waals surface area contributed by atoms with Gasteiger partial charge in [0, 0.05) is 0 Å². The molecule has 0 heterocycles. The van der Waals surface area contributed by atoms with Crippen LogP contribution in [0.2, 0.25) is 0 Å². The van der Waals surface area contributed by atoms with Crippen LogP contribution in [0.5, 0.6) is 5.75 Å². The van der Waals surface area contributed by atoms with Crippen LogP contribution in [-0.4, -0.2) is 35.0 Å². The Bertz CT molecular complexity index is 525. The van der Waals surface area contributed by atoms with E-state index < -0.39 is 26.3 Å². The Morgan fingerprint density at radius 2 is 2.00 bits per heavy atom. The number of carbonyl (C=O) groups is 2. The van der Waals surface area contributed by atoms with Crippen molar-refractivity contribution in [2.45, 2.75) is 0 Å². The molecule has 0 aromatic heterocycles. The monoisotopic (exact) mass is 267 g/mol. The number of nitrogens with zero attached hydrogens (tertiary/aromatic N) is 1. The van der Waals surface area contributed by atoms with Crippen molar-refractivity contribution < 1.29 is 24.0 Å². The van der Waals surface area contributed by atoms with Crippen LogP contribution in [0.4, 0.5) is 0 Å². The molecular weight excluding hydrogens is 257 g/mol. The first-order valence-electron chi connectivity index (χ1n) is 4.91. The van der Waals surface area contributed by atoms with E-state index in [1.165, 1.54) is 0 Å². The van der Waals surface area contributed by atoms with Crippen LogP contribution in [0.1, 0.15) is 0 Å². The molecule has 0 spiro atoms. The van der Waals surface area contributed by atoms with Gasteiger partial charge in [-0.2, -0.15) is 0 Å². The Morgan fingerprint density at radius 1 is 1.33 bits per heavy atom. The molecule has 94 valence electrons. The summed E-state index contributed by atoms with van der Waals surface area (Å²) in [7, 11) is -0.562. The molecule has 0 aliphatic carbocycles. The van der Waals surface area contributed by atoms with Crippen LogP contribution in [0.15, 0.2) is 30.3 Å². The van der Waals surface area contributed by atoms with Crippen LogP contribution >= 0.6 is 7.92 Å². The first-order chi connectivity index (χ1) is 8.63. The Labute approximate surface area is 104 Å². The van der Waals surface area contributed by atoms with Gasteiger partial charge in [0.05, 0.1) is 0 Å². The van der Waals surface area contributed by atoms with E-state index in [-0.39, 0.29) is 6.61 Å². The number of amides is 1. The van der Waals surface area contributed by atoms with Crippen LogP contribution < -0.4 is 4.74 Å². The van der Waals surface area contributed by atoms with E-state index in [0.717, 1.165) is 0 Å². The molecule has 1 amide bonds. The SMILES string of the molecule is O=P#CN(CC(=O)O)C(=O)COc1ccccc1. The normalized spacial score (nSPS) is 9.11. The average Bonchev–Trinajstić information content (AvgIpc) is 2.36. The van der Waals surface area contributed by atoms with Crippen molar-refractivity contribution in [1.82, 2.24) is 4.90 Å². The molecule has 0 aliphatic heterocycles. The Hall–Kier alpha value is -2.03. The number of para-hydroxylation sites is 1. The minimum absolute atomic E-state index is 0.347. The van der Waals surface area contributed by atoms with E-state index in [9.17, 15) is 14.2 Å². The standard InChI is InChI=1S/C11H10NO5P/c13-10(12(8-18-16)6-11(14)15)7-17-9-4-2-1-3-5-9/h1-5H,6-7H2,(H,14,15). The fraction of sp³-hybridized carbons (Fsp3) is 0.182. The summed E-state index contributed by atoms with van der Waals surface area (Å²) in [6.07, 6.45) is 0. The van der Waals surface area contributed by atoms with Gasteiger partial charge in [-0.3, -0.25) is 0 Å². The fourth-order valence-electron chi connectivity index (χ4n) is 1.10. The predicted molar refractivity (Wildman–Crippen MR) is 62.8 cm³/mol. The number of carboxylic acid groups (broad SMARTS) is 1. The Balaban J connectivity index is 2.58. The molecule has 1 aromatic rings. The summed E-state index contributed by atoms with van der Waals surface area (Å²) in [5, 5.41) is 8.56. The molecule has 6 nitrogen and oxygen atoms in total. The number of aliphatic carboxylic acids is 1. The molecule has 0 aliphatic rings. The van der Waals surface area contributed by atoms with Gasteiger partial charge >= 0.3 is 104 Å². The maximum atomic E-state index is 11.6. The third kappa shape index (κ3) is 4.87. The molecule has 0 saturated heterocycles. The third-order valence-corrected chi connectivity index (χ3v) is 2.18. The molecule has 1 rings (SSSR count). The van der Waals surface area contributed by atoms with Gasteiger partial charge in [0.15, 0.2) is 0 Å². The summed E-state index contributed by atoms with van der Waals surface area (Å²) in [6.45, 7) is -0.952. The van der Waals surface area contributed by atoms with Gasteiger partial charge in [0.25, 0.3) is 0 Å². The summed E-state index contributed by atoms with van der Waals surface area (Å²) in [4.78, 5) is 22.8. The number of ether oxygens (including phenoxy) is 1. The first kappa shape index (κ1) is 14.0. The van der Waals surface area contributed by atoms with E-state index in [1.54, 1.807) is 30.3 Å². The number of hydrogen-bond acceptors (Lipinski definition) is 4. The van der Waals surface area contributed by atoms with E-state index >= 15 is 0 Å². The second-order valence-electron chi connectivity index (χ2n) is 3.17. The van der Waals surface area contributed by atoms with Crippen molar-refractivity contribution >= 4 is 19.8 Å². The van der Waals surface area contributed by atoms with Crippen molar-refractivity contribution in [2.75, 3.05) is 13.2 Å². The molecule has 0 bridgehead atoms. The van der Waals surface area contributed by atoms with Gasteiger partial charge in [-0.05, 0) is 0 Å². The number of carboxylic acids is 1. The van der Waals surface area contributed by atoms with E-state index in [0.29, 0.717) is 10.6 Å². The zero-order valence-electron chi connectivity index (χ0n) is 9.28. The maximum absolute atomic E-state index is 11.6. The molecule has 0 fully saturated rings. The van der Waals surface area contributed by atoms with Gasteiger partial charge in [0.2, 0.25) is 0 Å². The van der Waals surface area contributed by atoms with Crippen LogP contribution in [0.3, 0.4) is 0 Å². The summed E-state index contributed by atoms with van der Waals surface area (Å²) in [5.74, 6) is 0.719. The quantitative estimate of drug-likeness (QED) is 0.639. The molecule has 0 radical (unpaired) electrons. The third-order valence-electron chi connectivity index (χ3n) is 1.86. The summed E-state index contributed by atoms with van der Waals surface area (Å²) in [5.41, 5.74) is 0. The van der Waals surface area contributed by atoms with Gasteiger partial charge < -0.3 is 0 Å². The van der Waals surface area contributed by atoms with E-state index in [2.05, 4.69) is 5.75 Å². The fourth-order valence-corrected chi connectivity index (χ4v) is 1.38. The minimum atomic E-state index is -1.22. The Kier molecular flexibility index (Phi) is 5.71. The zero-order valence-corrected chi connectivity index (χ0v) is 10.2. The Morgan fingerprint density at radius 3 is 2.56 bits per heavy atom. The van der Waals surface area contributed by atoms with Crippen LogP contribution in [-0.2, 0) is 14.2 Å². The number of rotatable bonds is 5. The topological polar surface area (TPSA) is 83.9 Å². The predicted octanol–water partition coefficient (Wildman–Crippen LogP) is 1.19. The molecule has 0 unspecified atom stereocenters. The van der Waals surface area contributed by atoms with Crippen molar-refractivity contribution in [3.63, 3.8) is 0 Å². The van der Waals surface area contributed by atoms with Gasteiger partial charge in [-0.25, -0.2) is 0 Å². The van der Waals surface area contributed by atoms with Crippen molar-refractivity contribution in [1.29, 1.82) is 0 Å². The van der Waals surface area contributed by atoms with Gasteiger partial charge in [-0.15, -0.1) is 0 Å². The summed E-state index contributed by atoms with van der Waals surface area (Å²) >= 11 is 0. The molecule has 1 aromatic carbocycles. The average molecular weight is 267 g/mol. The van der Waals surface area contributed by atoms with Crippen molar-refractivity contribution in [3.05, 3.63) is 30.3 Å². The molecule has 7 heteroatoms. The number of hydrogen-bond donors (Lipinski definition) is 1. The number of benzene rings is 1. The summed E-state index contributed by atoms with van der Waals surface area (Å²) in [6, 6.07) is 8.60. The summed E-state index contributed by atoms with van der Waals surface area (Å²) < 4.78 is 15.5.